The molecule has 32 heavy (non-hydrogen) atoms. The predicted octanol–water partition coefficient (Wildman–Crippen LogP) is 2.14. The lowest BCUT2D eigenvalue weighted by atomic mass is 10.1. The third kappa shape index (κ3) is 8.38. The normalized spacial score (nSPS) is 15.1. The quantitative estimate of drug-likeness (QED) is 0.215. The maximum Gasteiger partial charge on any atom is 0.234 e. The van der Waals surface area contributed by atoms with E-state index in [2.05, 4.69) is 62.0 Å². The molecule has 0 atom stereocenters. The van der Waals surface area contributed by atoms with E-state index < -0.39 is 0 Å². The molecule has 1 aromatic heterocycles. The van der Waals surface area contributed by atoms with Gasteiger partial charge in [-0.25, -0.2) is 9.98 Å². The van der Waals surface area contributed by atoms with E-state index in [0.717, 1.165) is 68.4 Å². The largest absolute Gasteiger partial charge is 0.357 e. The highest BCUT2D eigenvalue weighted by Crippen LogP contribution is 2.16. The standard InChI is InChI=1S/C22H34N8O.HI/c1-3-10-24-20(31)15-30-11-8-19(9-12-30)28-22(23-4-2)25-14-17-6-5-7-18(13-17)21-26-16-27-29-21;/h5-7,13,16,19H,3-4,8-12,14-15H2,1-2H3,(H,24,31)(H2,23,25,28)(H,26,27,29);1H. The Bertz CT molecular complexity index is 834. The highest BCUT2D eigenvalue weighted by Gasteiger charge is 2.21. The molecule has 2 aromatic rings. The summed E-state index contributed by atoms with van der Waals surface area (Å²) in [6.07, 6.45) is 4.46. The number of piperidine rings is 1. The Balaban J connectivity index is 0.00000363. The van der Waals surface area contributed by atoms with Crippen molar-refractivity contribution in [1.82, 2.24) is 36.0 Å². The molecule has 176 valence electrons. The molecule has 4 N–H and O–H groups in total. The van der Waals surface area contributed by atoms with Crippen LogP contribution < -0.4 is 16.0 Å². The van der Waals surface area contributed by atoms with Crippen molar-refractivity contribution in [3.05, 3.63) is 36.2 Å². The molecule has 1 aliphatic rings. The molecule has 0 bridgehead atoms. The topological polar surface area (TPSA) is 110 Å². The van der Waals surface area contributed by atoms with Crippen LogP contribution in [0.2, 0.25) is 0 Å². The van der Waals surface area contributed by atoms with Gasteiger partial charge in [-0.1, -0.05) is 25.1 Å². The summed E-state index contributed by atoms with van der Waals surface area (Å²) < 4.78 is 0. The molecule has 0 spiro atoms. The first-order valence-electron chi connectivity index (χ1n) is 11.2. The predicted molar refractivity (Wildman–Crippen MR) is 138 cm³/mol. The fraction of sp³-hybridized carbons (Fsp3) is 0.545. The lowest BCUT2D eigenvalue weighted by Gasteiger charge is -2.32. The minimum atomic E-state index is 0. The number of hydrogen-bond donors (Lipinski definition) is 4. The van der Waals surface area contributed by atoms with Gasteiger partial charge in [-0.2, -0.15) is 5.10 Å². The highest BCUT2D eigenvalue weighted by atomic mass is 127. The van der Waals surface area contributed by atoms with E-state index in [1.54, 1.807) is 0 Å². The van der Waals surface area contributed by atoms with E-state index >= 15 is 0 Å². The minimum absolute atomic E-state index is 0. The fourth-order valence-electron chi connectivity index (χ4n) is 3.60. The van der Waals surface area contributed by atoms with Crippen LogP contribution in [-0.4, -0.2) is 70.7 Å². The average molecular weight is 554 g/mol. The summed E-state index contributed by atoms with van der Waals surface area (Å²) in [7, 11) is 0. The number of H-pyrrole nitrogens is 1. The summed E-state index contributed by atoms with van der Waals surface area (Å²) in [5.74, 6) is 1.70. The zero-order valence-corrected chi connectivity index (χ0v) is 21.3. The van der Waals surface area contributed by atoms with E-state index in [-0.39, 0.29) is 29.9 Å². The number of benzene rings is 1. The van der Waals surface area contributed by atoms with Gasteiger partial charge in [-0.3, -0.25) is 14.8 Å². The van der Waals surface area contributed by atoms with Gasteiger partial charge in [0.2, 0.25) is 5.91 Å². The number of aromatic amines is 1. The molecule has 3 rings (SSSR count). The zero-order valence-electron chi connectivity index (χ0n) is 18.9. The Labute approximate surface area is 207 Å². The van der Waals surface area contributed by atoms with Crippen LogP contribution in [0.3, 0.4) is 0 Å². The third-order valence-corrected chi connectivity index (χ3v) is 5.25. The van der Waals surface area contributed by atoms with Crippen molar-refractivity contribution in [2.24, 2.45) is 4.99 Å². The van der Waals surface area contributed by atoms with Crippen molar-refractivity contribution >= 4 is 35.8 Å². The van der Waals surface area contributed by atoms with Crippen molar-refractivity contribution in [2.45, 2.75) is 45.7 Å². The first kappa shape index (κ1) is 26.0. The number of carbonyl (C=O) groups is 1. The SMILES string of the molecule is CCCNC(=O)CN1CCC(NC(=NCc2cccc(-c3ncn[nH]3)c2)NCC)CC1.I. The number of likely N-dealkylation sites (tertiary alicyclic amines) is 1. The number of nitrogens with one attached hydrogen (secondary N) is 4. The number of halogens is 1. The van der Waals surface area contributed by atoms with Crippen LogP contribution in [0.1, 0.15) is 38.7 Å². The number of rotatable bonds is 9. The van der Waals surface area contributed by atoms with Crippen molar-refractivity contribution in [2.75, 3.05) is 32.7 Å². The average Bonchev–Trinajstić information content (AvgIpc) is 3.33. The Kier molecular flexibility index (Phi) is 11.4. The Morgan fingerprint density at radius 3 is 2.75 bits per heavy atom. The summed E-state index contributed by atoms with van der Waals surface area (Å²) in [4.78, 5) is 23.1. The van der Waals surface area contributed by atoms with E-state index in [9.17, 15) is 4.79 Å². The number of guanidine groups is 1. The molecule has 0 radical (unpaired) electrons. The van der Waals surface area contributed by atoms with Crippen LogP contribution >= 0.6 is 24.0 Å². The van der Waals surface area contributed by atoms with E-state index in [1.165, 1.54) is 6.33 Å². The molecule has 1 amide bonds. The zero-order chi connectivity index (χ0) is 21.9. The van der Waals surface area contributed by atoms with E-state index in [1.807, 2.05) is 12.1 Å². The van der Waals surface area contributed by atoms with Crippen LogP contribution in [0.25, 0.3) is 11.4 Å². The van der Waals surface area contributed by atoms with Gasteiger partial charge in [0.05, 0.1) is 13.1 Å². The number of nitrogens with zero attached hydrogens (tertiary/aromatic N) is 4. The van der Waals surface area contributed by atoms with Crippen molar-refractivity contribution in [1.29, 1.82) is 0 Å². The highest BCUT2D eigenvalue weighted by molar-refractivity contribution is 14.0. The molecular weight excluding hydrogens is 519 g/mol. The molecule has 1 saturated heterocycles. The minimum Gasteiger partial charge on any atom is -0.357 e. The number of carbonyl (C=O) groups excluding carboxylic acids is 1. The fourth-order valence-corrected chi connectivity index (χ4v) is 3.60. The molecule has 10 heteroatoms. The van der Waals surface area contributed by atoms with Crippen LogP contribution in [0.15, 0.2) is 35.6 Å². The second-order valence-corrected chi connectivity index (χ2v) is 7.77. The molecule has 9 nitrogen and oxygen atoms in total. The first-order chi connectivity index (χ1) is 15.2. The molecule has 2 heterocycles. The molecule has 1 aliphatic heterocycles. The van der Waals surface area contributed by atoms with Gasteiger partial charge in [0.15, 0.2) is 11.8 Å². The smallest absolute Gasteiger partial charge is 0.234 e. The summed E-state index contributed by atoms with van der Waals surface area (Å²) in [5, 5.41) is 16.7. The summed E-state index contributed by atoms with van der Waals surface area (Å²) >= 11 is 0. The number of amides is 1. The van der Waals surface area contributed by atoms with Crippen molar-refractivity contribution in [3.63, 3.8) is 0 Å². The van der Waals surface area contributed by atoms with Crippen LogP contribution in [0.4, 0.5) is 0 Å². The van der Waals surface area contributed by atoms with Gasteiger partial charge in [-0.15, -0.1) is 24.0 Å². The first-order valence-corrected chi connectivity index (χ1v) is 11.2. The van der Waals surface area contributed by atoms with Crippen molar-refractivity contribution < 1.29 is 4.79 Å². The lowest BCUT2D eigenvalue weighted by molar-refractivity contribution is -0.122. The van der Waals surface area contributed by atoms with Gasteiger partial charge < -0.3 is 16.0 Å². The maximum atomic E-state index is 11.9. The Morgan fingerprint density at radius 1 is 1.25 bits per heavy atom. The number of hydrogen-bond acceptors (Lipinski definition) is 5. The summed E-state index contributed by atoms with van der Waals surface area (Å²) in [6, 6.07) is 8.52. The second kappa shape index (κ2) is 14.0. The molecule has 1 aromatic carbocycles. The lowest BCUT2D eigenvalue weighted by Crippen LogP contribution is -2.50. The van der Waals surface area contributed by atoms with Crippen LogP contribution in [0, 0.1) is 0 Å². The maximum absolute atomic E-state index is 11.9. The van der Waals surface area contributed by atoms with Gasteiger partial charge in [0, 0.05) is 37.8 Å². The molecular formula is C22H35IN8O. The summed E-state index contributed by atoms with van der Waals surface area (Å²) in [5.41, 5.74) is 2.11. The Hall–Kier alpha value is -2.21. The van der Waals surface area contributed by atoms with E-state index in [4.69, 9.17) is 4.99 Å². The third-order valence-electron chi connectivity index (χ3n) is 5.25. The number of aliphatic imine (C=N–C) groups is 1. The van der Waals surface area contributed by atoms with Crippen molar-refractivity contribution in [3.8, 4) is 11.4 Å². The Morgan fingerprint density at radius 2 is 2.06 bits per heavy atom. The monoisotopic (exact) mass is 554 g/mol. The molecule has 0 saturated carbocycles. The molecule has 0 unspecified atom stereocenters. The van der Waals surface area contributed by atoms with Gasteiger partial charge in [0.25, 0.3) is 0 Å². The molecule has 1 fully saturated rings. The van der Waals surface area contributed by atoms with Gasteiger partial charge in [0.1, 0.15) is 6.33 Å². The van der Waals surface area contributed by atoms with Gasteiger partial charge >= 0.3 is 0 Å². The van der Waals surface area contributed by atoms with E-state index in [0.29, 0.717) is 19.1 Å². The van der Waals surface area contributed by atoms with Crippen LogP contribution in [0.5, 0.6) is 0 Å². The van der Waals surface area contributed by atoms with Gasteiger partial charge in [-0.05, 0) is 37.8 Å². The van der Waals surface area contributed by atoms with Crippen LogP contribution in [-0.2, 0) is 11.3 Å². The molecule has 0 aliphatic carbocycles. The number of aromatic nitrogens is 3. The second-order valence-electron chi connectivity index (χ2n) is 7.77. The summed E-state index contributed by atoms with van der Waals surface area (Å²) in [6.45, 7) is 8.58.